The number of aliphatic carboxylic acids is 2. The topological polar surface area (TPSA) is 118 Å². The van der Waals surface area contributed by atoms with Gasteiger partial charge < -0.3 is 14.9 Å². The highest BCUT2D eigenvalue weighted by Gasteiger charge is 2.53. The highest BCUT2D eigenvalue weighted by Crippen LogP contribution is 2.23. The first kappa shape index (κ1) is 9.17. The number of cyclic esters (lactones) is 2. The monoisotopic (exact) mass is 188 g/mol. The lowest BCUT2D eigenvalue weighted by Crippen LogP contribution is -2.31. The van der Waals surface area contributed by atoms with E-state index in [-0.39, 0.29) is 0 Å². The Bertz CT molecular complexity index is 274. The van der Waals surface area contributed by atoms with Gasteiger partial charge in [0, 0.05) is 0 Å². The van der Waals surface area contributed by atoms with Crippen molar-refractivity contribution in [2.75, 3.05) is 0 Å². The molecule has 1 rings (SSSR count). The second kappa shape index (κ2) is 2.85. The second-order valence-corrected chi connectivity index (χ2v) is 2.37. The Morgan fingerprint density at radius 1 is 1.00 bits per heavy atom. The van der Waals surface area contributed by atoms with Gasteiger partial charge in [0.1, 0.15) is 0 Å². The molecule has 0 aromatic heterocycles. The van der Waals surface area contributed by atoms with Crippen LogP contribution in [0.15, 0.2) is 0 Å². The van der Waals surface area contributed by atoms with Crippen LogP contribution in [0, 0.1) is 11.8 Å². The predicted octanol–water partition coefficient (Wildman–Crippen LogP) is -1.53. The number of carboxylic acid groups (broad SMARTS) is 2. The third kappa shape index (κ3) is 1.35. The van der Waals surface area contributed by atoms with Crippen molar-refractivity contribution < 1.29 is 34.1 Å². The van der Waals surface area contributed by atoms with Gasteiger partial charge in [-0.05, 0) is 0 Å². The van der Waals surface area contributed by atoms with Crippen LogP contribution < -0.4 is 0 Å². The molecule has 7 nitrogen and oxygen atoms in total. The SMILES string of the molecule is O=C(O)C1C(=O)OC(=O)C1C(=O)O. The molecule has 0 spiro atoms. The Kier molecular flexibility index (Phi) is 2.01. The summed E-state index contributed by atoms with van der Waals surface area (Å²) >= 11 is 0. The van der Waals surface area contributed by atoms with Crippen LogP contribution in [0.2, 0.25) is 0 Å². The predicted molar refractivity (Wildman–Crippen MR) is 33.4 cm³/mol. The lowest BCUT2D eigenvalue weighted by molar-refractivity contribution is -0.156. The van der Waals surface area contributed by atoms with Crippen molar-refractivity contribution in [1.29, 1.82) is 0 Å². The molecule has 0 aliphatic carbocycles. The fraction of sp³-hybridized carbons (Fsp3) is 0.333. The fourth-order valence-electron chi connectivity index (χ4n) is 0.985. The van der Waals surface area contributed by atoms with Crippen LogP contribution >= 0.6 is 0 Å². The number of esters is 2. The molecule has 0 amide bonds. The Balaban J connectivity index is 3.03. The zero-order valence-electron chi connectivity index (χ0n) is 6.09. The third-order valence-corrected chi connectivity index (χ3v) is 1.57. The van der Waals surface area contributed by atoms with Crippen LogP contribution in [0.1, 0.15) is 0 Å². The molecule has 1 heterocycles. The summed E-state index contributed by atoms with van der Waals surface area (Å²) in [6.45, 7) is 0. The van der Waals surface area contributed by atoms with E-state index in [2.05, 4.69) is 4.74 Å². The molecule has 13 heavy (non-hydrogen) atoms. The molecule has 2 unspecified atom stereocenters. The van der Waals surface area contributed by atoms with Crippen LogP contribution in [0.4, 0.5) is 0 Å². The zero-order valence-corrected chi connectivity index (χ0v) is 6.09. The van der Waals surface area contributed by atoms with Gasteiger partial charge >= 0.3 is 23.9 Å². The van der Waals surface area contributed by atoms with Crippen LogP contribution in [0.25, 0.3) is 0 Å². The van der Waals surface area contributed by atoms with Crippen molar-refractivity contribution in [2.24, 2.45) is 11.8 Å². The molecule has 7 heteroatoms. The van der Waals surface area contributed by atoms with Gasteiger partial charge in [-0.15, -0.1) is 0 Å². The van der Waals surface area contributed by atoms with E-state index in [1.165, 1.54) is 0 Å². The smallest absolute Gasteiger partial charge is 0.329 e. The van der Waals surface area contributed by atoms with E-state index in [4.69, 9.17) is 10.2 Å². The first-order valence-electron chi connectivity index (χ1n) is 3.16. The second-order valence-electron chi connectivity index (χ2n) is 2.37. The minimum absolute atomic E-state index is 1.33. The molecule has 70 valence electrons. The van der Waals surface area contributed by atoms with Gasteiger partial charge in [-0.1, -0.05) is 0 Å². The van der Waals surface area contributed by atoms with Gasteiger partial charge in [0.25, 0.3) is 0 Å². The fourth-order valence-corrected chi connectivity index (χ4v) is 0.985. The van der Waals surface area contributed by atoms with E-state index in [0.29, 0.717) is 0 Å². The van der Waals surface area contributed by atoms with Gasteiger partial charge in [0.05, 0.1) is 0 Å². The van der Waals surface area contributed by atoms with Crippen LogP contribution in [0.3, 0.4) is 0 Å². The minimum Gasteiger partial charge on any atom is -0.481 e. The normalized spacial score (nSPS) is 27.1. The number of carbonyl (C=O) groups is 4. The van der Waals surface area contributed by atoms with E-state index < -0.39 is 35.7 Å². The summed E-state index contributed by atoms with van der Waals surface area (Å²) in [7, 11) is 0. The van der Waals surface area contributed by atoms with Crippen molar-refractivity contribution in [2.45, 2.75) is 0 Å². The lowest BCUT2D eigenvalue weighted by atomic mass is 9.95. The number of hydrogen-bond donors (Lipinski definition) is 2. The summed E-state index contributed by atoms with van der Waals surface area (Å²) in [5.41, 5.74) is 0. The Morgan fingerprint density at radius 2 is 1.31 bits per heavy atom. The standard InChI is InChI=1S/C6H4O7/c7-3(8)1-2(4(9)10)6(12)13-5(1)11/h1-2H,(H,7,8)(H,9,10). The maximum atomic E-state index is 10.7. The van der Waals surface area contributed by atoms with E-state index in [9.17, 15) is 19.2 Å². The molecule has 1 fully saturated rings. The number of hydrogen-bond acceptors (Lipinski definition) is 5. The van der Waals surface area contributed by atoms with Gasteiger partial charge in [0.15, 0.2) is 11.8 Å². The molecule has 0 bridgehead atoms. The minimum atomic E-state index is -1.93. The summed E-state index contributed by atoms with van der Waals surface area (Å²) in [5.74, 6) is -9.86. The highest BCUT2D eigenvalue weighted by molar-refractivity contribution is 6.14. The number of ether oxygens (including phenoxy) is 1. The highest BCUT2D eigenvalue weighted by atomic mass is 16.6. The van der Waals surface area contributed by atoms with Gasteiger partial charge in [-0.2, -0.15) is 0 Å². The van der Waals surface area contributed by atoms with Crippen LogP contribution in [-0.4, -0.2) is 34.1 Å². The number of carbonyl (C=O) groups excluding carboxylic acids is 2. The molecule has 0 saturated carbocycles. The number of carboxylic acids is 2. The van der Waals surface area contributed by atoms with Gasteiger partial charge in [-0.25, -0.2) is 0 Å². The van der Waals surface area contributed by atoms with E-state index >= 15 is 0 Å². The Labute approximate surface area is 70.9 Å². The van der Waals surface area contributed by atoms with Crippen molar-refractivity contribution in [1.82, 2.24) is 0 Å². The van der Waals surface area contributed by atoms with Crippen molar-refractivity contribution in [3.8, 4) is 0 Å². The Hall–Kier alpha value is -1.92. The first-order valence-corrected chi connectivity index (χ1v) is 3.16. The van der Waals surface area contributed by atoms with E-state index in [1.54, 1.807) is 0 Å². The molecular weight excluding hydrogens is 184 g/mol. The number of rotatable bonds is 2. The molecule has 0 aromatic rings. The van der Waals surface area contributed by atoms with Crippen LogP contribution in [-0.2, 0) is 23.9 Å². The Morgan fingerprint density at radius 3 is 1.54 bits per heavy atom. The maximum absolute atomic E-state index is 10.7. The summed E-state index contributed by atoms with van der Waals surface area (Å²) in [4.78, 5) is 42.0. The summed E-state index contributed by atoms with van der Waals surface area (Å²) < 4.78 is 3.87. The molecule has 1 aliphatic heterocycles. The molecule has 0 aromatic carbocycles. The summed E-state index contributed by atoms with van der Waals surface area (Å²) in [5, 5.41) is 16.8. The average molecular weight is 188 g/mol. The third-order valence-electron chi connectivity index (χ3n) is 1.57. The van der Waals surface area contributed by atoms with Crippen molar-refractivity contribution >= 4 is 23.9 Å². The summed E-state index contributed by atoms with van der Waals surface area (Å²) in [6, 6.07) is 0. The first-order chi connectivity index (χ1) is 5.95. The van der Waals surface area contributed by atoms with E-state index in [1.807, 2.05) is 0 Å². The summed E-state index contributed by atoms with van der Waals surface area (Å²) in [6.07, 6.45) is 0. The average Bonchev–Trinajstić information content (AvgIpc) is 2.24. The molecule has 1 aliphatic rings. The van der Waals surface area contributed by atoms with Gasteiger partial charge in [0.2, 0.25) is 0 Å². The maximum Gasteiger partial charge on any atom is 0.329 e. The zero-order chi connectivity index (χ0) is 10.2. The van der Waals surface area contributed by atoms with Crippen molar-refractivity contribution in [3.63, 3.8) is 0 Å². The molecule has 2 N–H and O–H groups in total. The lowest BCUT2D eigenvalue weighted by Gasteiger charge is -2.02. The molecule has 2 atom stereocenters. The quantitative estimate of drug-likeness (QED) is 0.398. The van der Waals surface area contributed by atoms with Crippen LogP contribution in [0.5, 0.6) is 0 Å². The van der Waals surface area contributed by atoms with Gasteiger partial charge in [-0.3, -0.25) is 19.2 Å². The largest absolute Gasteiger partial charge is 0.481 e. The molecule has 0 radical (unpaired) electrons. The van der Waals surface area contributed by atoms with Crippen molar-refractivity contribution in [3.05, 3.63) is 0 Å². The molecular formula is C6H4O7. The molecule has 1 saturated heterocycles. The van der Waals surface area contributed by atoms with E-state index in [0.717, 1.165) is 0 Å².